The Morgan fingerprint density at radius 1 is 1.24 bits per heavy atom. The number of nitrogens with zero attached hydrogens (tertiary/aromatic N) is 1. The fourth-order valence-electron chi connectivity index (χ4n) is 1.88. The standard InChI is InChI=1S/C15H18N2OS.C2H6/c1-11-8-13(4-5-15(11)19-3)18-14-10-17-7-6-12(14)9-16-2;1-2/h4-8,10,16H,9H2,1-3H3;1-2H3. The highest BCUT2D eigenvalue weighted by Gasteiger charge is 2.05. The Morgan fingerprint density at radius 2 is 2.00 bits per heavy atom. The third kappa shape index (κ3) is 5.06. The minimum Gasteiger partial charge on any atom is -0.455 e. The normalized spacial score (nSPS) is 9.76. The van der Waals surface area contributed by atoms with E-state index in [9.17, 15) is 0 Å². The molecule has 1 aromatic heterocycles. The fraction of sp³-hybridized carbons (Fsp3) is 0.353. The van der Waals surface area contributed by atoms with Crippen molar-refractivity contribution in [2.45, 2.75) is 32.2 Å². The highest BCUT2D eigenvalue weighted by molar-refractivity contribution is 7.98. The number of pyridine rings is 1. The number of hydrogen-bond donors (Lipinski definition) is 1. The van der Waals surface area contributed by atoms with E-state index in [4.69, 9.17) is 4.74 Å². The molecule has 0 aliphatic carbocycles. The first-order valence-electron chi connectivity index (χ1n) is 7.14. The summed E-state index contributed by atoms with van der Waals surface area (Å²) in [5, 5.41) is 3.13. The molecule has 21 heavy (non-hydrogen) atoms. The van der Waals surface area contributed by atoms with Crippen LogP contribution in [-0.2, 0) is 6.54 Å². The van der Waals surface area contributed by atoms with Crippen LogP contribution in [0.1, 0.15) is 25.0 Å². The number of hydrogen-bond acceptors (Lipinski definition) is 4. The van der Waals surface area contributed by atoms with Crippen molar-refractivity contribution in [1.29, 1.82) is 0 Å². The van der Waals surface area contributed by atoms with Gasteiger partial charge in [0.2, 0.25) is 0 Å². The lowest BCUT2D eigenvalue weighted by molar-refractivity contribution is 0.471. The van der Waals surface area contributed by atoms with E-state index < -0.39 is 0 Å². The van der Waals surface area contributed by atoms with Crippen molar-refractivity contribution in [3.63, 3.8) is 0 Å². The summed E-state index contributed by atoms with van der Waals surface area (Å²) < 4.78 is 5.93. The number of nitrogens with one attached hydrogen (secondary N) is 1. The highest BCUT2D eigenvalue weighted by Crippen LogP contribution is 2.28. The molecule has 1 aromatic carbocycles. The van der Waals surface area contributed by atoms with Crippen molar-refractivity contribution in [2.24, 2.45) is 0 Å². The summed E-state index contributed by atoms with van der Waals surface area (Å²) in [5.74, 6) is 1.65. The molecule has 114 valence electrons. The van der Waals surface area contributed by atoms with Gasteiger partial charge in [-0.3, -0.25) is 4.98 Å². The molecule has 1 N–H and O–H groups in total. The van der Waals surface area contributed by atoms with Gasteiger partial charge in [-0.25, -0.2) is 0 Å². The molecule has 0 amide bonds. The Balaban J connectivity index is 0.00000106. The van der Waals surface area contributed by atoms with E-state index in [1.54, 1.807) is 24.2 Å². The van der Waals surface area contributed by atoms with Crippen LogP contribution < -0.4 is 10.1 Å². The molecule has 0 aliphatic rings. The molecule has 2 rings (SSSR count). The number of thioether (sulfide) groups is 1. The Labute approximate surface area is 132 Å². The quantitative estimate of drug-likeness (QED) is 0.815. The summed E-state index contributed by atoms with van der Waals surface area (Å²) in [6.07, 6.45) is 5.61. The van der Waals surface area contributed by atoms with Crippen molar-refractivity contribution in [3.05, 3.63) is 47.8 Å². The van der Waals surface area contributed by atoms with Crippen LogP contribution in [-0.4, -0.2) is 18.3 Å². The molecule has 0 saturated carbocycles. The molecule has 3 nitrogen and oxygen atoms in total. The fourth-order valence-corrected chi connectivity index (χ4v) is 2.46. The van der Waals surface area contributed by atoms with Crippen LogP contribution in [0, 0.1) is 6.92 Å². The second kappa shape index (κ2) is 9.42. The lowest BCUT2D eigenvalue weighted by Crippen LogP contribution is -2.06. The minimum absolute atomic E-state index is 0.764. The monoisotopic (exact) mass is 304 g/mol. The van der Waals surface area contributed by atoms with Gasteiger partial charge in [-0.1, -0.05) is 13.8 Å². The summed E-state index contributed by atoms with van der Waals surface area (Å²) in [6, 6.07) is 8.11. The van der Waals surface area contributed by atoms with Gasteiger partial charge in [-0.2, -0.15) is 0 Å². The Morgan fingerprint density at radius 3 is 2.62 bits per heavy atom. The van der Waals surface area contributed by atoms with Gasteiger partial charge in [-0.05, 0) is 50.1 Å². The third-order valence-corrected chi connectivity index (χ3v) is 3.73. The van der Waals surface area contributed by atoms with E-state index in [0.29, 0.717) is 0 Å². The zero-order valence-electron chi connectivity index (χ0n) is 13.4. The number of aryl methyl sites for hydroxylation is 1. The van der Waals surface area contributed by atoms with E-state index in [1.807, 2.05) is 33.0 Å². The summed E-state index contributed by atoms with van der Waals surface area (Å²) in [5.41, 5.74) is 2.33. The Bertz CT molecular complexity index is 558. The van der Waals surface area contributed by atoms with Crippen LogP contribution in [0.2, 0.25) is 0 Å². The number of benzene rings is 1. The first-order chi connectivity index (χ1) is 10.2. The van der Waals surface area contributed by atoms with E-state index in [2.05, 4.69) is 35.6 Å². The molecule has 0 aliphatic heterocycles. The average Bonchev–Trinajstić information content (AvgIpc) is 2.52. The second-order valence-electron chi connectivity index (χ2n) is 4.25. The SMILES string of the molecule is CC.CNCc1ccncc1Oc1ccc(SC)c(C)c1. The van der Waals surface area contributed by atoms with Crippen molar-refractivity contribution >= 4 is 11.8 Å². The Kier molecular flexibility index (Phi) is 7.87. The Hall–Kier alpha value is -1.52. The van der Waals surface area contributed by atoms with Gasteiger partial charge < -0.3 is 10.1 Å². The maximum atomic E-state index is 5.93. The molecule has 1 heterocycles. The summed E-state index contributed by atoms with van der Waals surface area (Å²) >= 11 is 1.74. The second-order valence-corrected chi connectivity index (χ2v) is 5.10. The van der Waals surface area contributed by atoms with Crippen molar-refractivity contribution in [3.8, 4) is 11.5 Å². The van der Waals surface area contributed by atoms with Gasteiger partial charge >= 0.3 is 0 Å². The molecule has 0 unspecified atom stereocenters. The van der Waals surface area contributed by atoms with E-state index in [0.717, 1.165) is 23.6 Å². The van der Waals surface area contributed by atoms with Crippen LogP contribution >= 0.6 is 11.8 Å². The van der Waals surface area contributed by atoms with Gasteiger partial charge in [0.15, 0.2) is 0 Å². The molecule has 4 heteroatoms. The van der Waals surface area contributed by atoms with E-state index in [-0.39, 0.29) is 0 Å². The number of rotatable bonds is 5. The van der Waals surface area contributed by atoms with Gasteiger partial charge in [0, 0.05) is 23.2 Å². The molecule has 0 spiro atoms. The molecule has 0 radical (unpaired) electrons. The van der Waals surface area contributed by atoms with E-state index in [1.165, 1.54) is 10.5 Å². The topological polar surface area (TPSA) is 34.2 Å². The summed E-state index contributed by atoms with van der Waals surface area (Å²) in [6.45, 7) is 6.86. The predicted octanol–water partition coefficient (Wildman–Crippen LogP) is 4.65. The lowest BCUT2D eigenvalue weighted by atomic mass is 10.2. The molecule has 0 atom stereocenters. The largest absolute Gasteiger partial charge is 0.455 e. The average molecular weight is 304 g/mol. The maximum Gasteiger partial charge on any atom is 0.150 e. The molecule has 0 saturated heterocycles. The van der Waals surface area contributed by atoms with E-state index >= 15 is 0 Å². The highest BCUT2D eigenvalue weighted by atomic mass is 32.2. The summed E-state index contributed by atoms with van der Waals surface area (Å²) in [4.78, 5) is 5.40. The van der Waals surface area contributed by atoms with Gasteiger partial charge in [0.25, 0.3) is 0 Å². The first kappa shape index (κ1) is 17.5. The molecule has 0 bridgehead atoms. The van der Waals surface area contributed by atoms with Gasteiger partial charge in [0.05, 0.1) is 6.20 Å². The molecule has 2 aromatic rings. The van der Waals surface area contributed by atoms with Crippen LogP contribution in [0.3, 0.4) is 0 Å². The zero-order chi connectivity index (χ0) is 15.7. The van der Waals surface area contributed by atoms with Crippen LogP contribution in [0.15, 0.2) is 41.6 Å². The molecular formula is C17H24N2OS. The van der Waals surface area contributed by atoms with Crippen LogP contribution in [0.4, 0.5) is 0 Å². The number of ether oxygens (including phenoxy) is 1. The minimum atomic E-state index is 0.764. The maximum absolute atomic E-state index is 5.93. The first-order valence-corrected chi connectivity index (χ1v) is 8.37. The van der Waals surface area contributed by atoms with Crippen molar-refractivity contribution < 1.29 is 4.74 Å². The number of aromatic nitrogens is 1. The van der Waals surface area contributed by atoms with Crippen LogP contribution in [0.25, 0.3) is 0 Å². The lowest BCUT2D eigenvalue weighted by Gasteiger charge is -2.11. The zero-order valence-corrected chi connectivity index (χ0v) is 14.3. The summed E-state index contributed by atoms with van der Waals surface area (Å²) in [7, 11) is 1.92. The van der Waals surface area contributed by atoms with Crippen molar-refractivity contribution in [2.75, 3.05) is 13.3 Å². The van der Waals surface area contributed by atoms with Crippen LogP contribution in [0.5, 0.6) is 11.5 Å². The predicted molar refractivity (Wildman–Crippen MR) is 91.4 cm³/mol. The van der Waals surface area contributed by atoms with Gasteiger partial charge in [-0.15, -0.1) is 11.8 Å². The molecule has 0 fully saturated rings. The van der Waals surface area contributed by atoms with Gasteiger partial charge in [0.1, 0.15) is 11.5 Å². The van der Waals surface area contributed by atoms with Crippen molar-refractivity contribution in [1.82, 2.24) is 10.3 Å². The smallest absolute Gasteiger partial charge is 0.150 e. The molecular weight excluding hydrogens is 280 g/mol. The third-order valence-electron chi connectivity index (χ3n) is 2.83.